The number of carbonyl (C=O) groups is 1. The molecule has 0 fully saturated rings. The minimum absolute atomic E-state index is 0.222. The topological polar surface area (TPSA) is 78.9 Å². The second-order valence-electron chi connectivity index (χ2n) is 6.27. The first-order valence-electron chi connectivity index (χ1n) is 8.75. The molecule has 0 saturated carbocycles. The monoisotopic (exact) mass is 486 g/mol. The van der Waals surface area contributed by atoms with Gasteiger partial charge >= 0.3 is 27.8 Å². The first kappa shape index (κ1) is 25.6. The zero-order chi connectivity index (χ0) is 24.0. The van der Waals surface area contributed by atoms with Crippen LogP contribution in [0.3, 0.4) is 0 Å². The quantitative estimate of drug-likeness (QED) is 0.229. The number of benzene rings is 2. The molecule has 0 radical (unpaired) electrons. The second-order valence-corrected chi connectivity index (χ2v) is 7.83. The molecule has 32 heavy (non-hydrogen) atoms. The van der Waals surface area contributed by atoms with Gasteiger partial charge in [0.25, 0.3) is 0 Å². The normalized spacial score (nSPS) is 14.6. The maximum atomic E-state index is 13.5. The van der Waals surface area contributed by atoms with E-state index in [1.807, 2.05) is 0 Å². The fraction of sp³-hybridized carbons (Fsp3) is 0.316. The van der Waals surface area contributed by atoms with Gasteiger partial charge in [-0.05, 0) is 17.7 Å². The van der Waals surface area contributed by atoms with E-state index in [0.717, 1.165) is 0 Å². The third-order valence-corrected chi connectivity index (χ3v) is 4.86. The predicted molar refractivity (Wildman–Crippen MR) is 97.6 cm³/mol. The molecule has 2 atom stereocenters. The van der Waals surface area contributed by atoms with Crippen LogP contribution < -0.4 is 0 Å². The molecule has 0 spiro atoms. The maximum Gasteiger partial charge on any atom is 0.523 e. The van der Waals surface area contributed by atoms with Gasteiger partial charge in [-0.3, -0.25) is 0 Å². The molecule has 0 heterocycles. The molecule has 6 nitrogen and oxygen atoms in total. The van der Waals surface area contributed by atoms with Crippen molar-refractivity contribution in [3.05, 3.63) is 71.8 Å². The highest BCUT2D eigenvalue weighted by molar-refractivity contribution is 7.87. The first-order valence-corrected chi connectivity index (χ1v) is 10.2. The fourth-order valence-electron chi connectivity index (χ4n) is 2.35. The van der Waals surface area contributed by atoms with Crippen molar-refractivity contribution >= 4 is 16.1 Å². The SMILES string of the molecule is O=C(O[C@@H](COCc1ccccc1)[C@H](OS(=O)(=O)C(F)(F)F)C(F)(F)F)c1ccccc1. The van der Waals surface area contributed by atoms with Crippen LogP contribution in [0.2, 0.25) is 0 Å². The third-order valence-electron chi connectivity index (χ3n) is 3.84. The number of rotatable bonds is 9. The summed E-state index contributed by atoms with van der Waals surface area (Å²) in [5.74, 6) is -1.35. The molecule has 0 bridgehead atoms. The van der Waals surface area contributed by atoms with Gasteiger partial charge in [0.2, 0.25) is 6.10 Å². The molecule has 0 N–H and O–H groups in total. The Hall–Kier alpha value is -2.64. The summed E-state index contributed by atoms with van der Waals surface area (Å²) in [6, 6.07) is 14.5. The summed E-state index contributed by atoms with van der Waals surface area (Å²) in [7, 11) is -6.67. The van der Waals surface area contributed by atoms with Crippen molar-refractivity contribution in [2.24, 2.45) is 0 Å². The van der Waals surface area contributed by atoms with E-state index < -0.39 is 46.6 Å². The van der Waals surface area contributed by atoms with Crippen LogP contribution in [0.15, 0.2) is 60.7 Å². The molecular formula is C19H16F6O6S. The van der Waals surface area contributed by atoms with Gasteiger partial charge in [0.1, 0.15) is 0 Å². The van der Waals surface area contributed by atoms with Crippen molar-refractivity contribution in [2.75, 3.05) is 6.61 Å². The summed E-state index contributed by atoms with van der Waals surface area (Å²) in [6.45, 7) is -1.40. The lowest BCUT2D eigenvalue weighted by Gasteiger charge is -2.28. The Bertz CT molecular complexity index is 977. The van der Waals surface area contributed by atoms with Gasteiger partial charge in [-0.1, -0.05) is 48.5 Å². The van der Waals surface area contributed by atoms with Crippen molar-refractivity contribution in [3.8, 4) is 0 Å². The molecule has 2 aromatic rings. The fourth-order valence-corrected chi connectivity index (χ4v) is 2.96. The standard InChI is InChI=1S/C19H16F6O6S/c20-18(21,22)16(31-32(27,28)19(23,24)25)15(12-29-11-13-7-3-1-4-8-13)30-17(26)14-9-5-2-6-10-14/h1-10,15-16H,11-12H2/t15-,16-/m0/s1. The minimum atomic E-state index is -6.67. The molecule has 2 rings (SSSR count). The predicted octanol–water partition coefficient (Wildman–Crippen LogP) is 4.23. The Balaban J connectivity index is 2.30. The molecule has 0 aliphatic rings. The molecule has 13 heteroatoms. The zero-order valence-electron chi connectivity index (χ0n) is 16.0. The average Bonchev–Trinajstić information content (AvgIpc) is 2.71. The Morgan fingerprint density at radius 3 is 1.91 bits per heavy atom. The number of hydrogen-bond acceptors (Lipinski definition) is 6. The Labute approximate surface area is 178 Å². The number of alkyl halides is 6. The number of halogens is 6. The van der Waals surface area contributed by atoms with Crippen LogP contribution in [0.5, 0.6) is 0 Å². The lowest BCUT2D eigenvalue weighted by atomic mass is 10.2. The van der Waals surface area contributed by atoms with E-state index in [-0.39, 0.29) is 12.2 Å². The van der Waals surface area contributed by atoms with Crippen LogP contribution in [0.1, 0.15) is 15.9 Å². The van der Waals surface area contributed by atoms with Gasteiger partial charge in [-0.25, -0.2) is 8.98 Å². The number of carbonyl (C=O) groups excluding carboxylic acids is 1. The van der Waals surface area contributed by atoms with Crippen LogP contribution >= 0.6 is 0 Å². The molecule has 0 aliphatic carbocycles. The van der Waals surface area contributed by atoms with Crippen LogP contribution in [-0.4, -0.2) is 44.9 Å². The Kier molecular flexibility index (Phi) is 8.26. The van der Waals surface area contributed by atoms with Crippen molar-refractivity contribution in [2.45, 2.75) is 30.5 Å². The van der Waals surface area contributed by atoms with Crippen LogP contribution in [0.25, 0.3) is 0 Å². The van der Waals surface area contributed by atoms with E-state index in [9.17, 15) is 39.6 Å². The highest BCUT2D eigenvalue weighted by atomic mass is 32.2. The van der Waals surface area contributed by atoms with Gasteiger partial charge < -0.3 is 9.47 Å². The van der Waals surface area contributed by atoms with E-state index in [4.69, 9.17) is 4.74 Å². The molecule has 0 aromatic heterocycles. The number of esters is 1. The van der Waals surface area contributed by atoms with Crippen LogP contribution in [0, 0.1) is 0 Å². The van der Waals surface area contributed by atoms with Gasteiger partial charge in [-0.15, -0.1) is 0 Å². The lowest BCUT2D eigenvalue weighted by molar-refractivity contribution is -0.228. The van der Waals surface area contributed by atoms with Crippen molar-refractivity contribution < 1.29 is 53.2 Å². The summed E-state index contributed by atoms with van der Waals surface area (Å²) < 4.78 is 114. The highest BCUT2D eigenvalue weighted by Gasteiger charge is 2.56. The molecule has 0 amide bonds. The van der Waals surface area contributed by atoms with E-state index in [1.54, 1.807) is 30.3 Å². The van der Waals surface area contributed by atoms with E-state index in [2.05, 4.69) is 8.92 Å². The van der Waals surface area contributed by atoms with Crippen LogP contribution in [0.4, 0.5) is 26.3 Å². The van der Waals surface area contributed by atoms with Crippen molar-refractivity contribution in [3.63, 3.8) is 0 Å². The third kappa shape index (κ3) is 7.21. The smallest absolute Gasteiger partial charge is 0.453 e. The second kappa shape index (κ2) is 10.3. The Morgan fingerprint density at radius 1 is 0.875 bits per heavy atom. The van der Waals surface area contributed by atoms with Crippen molar-refractivity contribution in [1.29, 1.82) is 0 Å². The lowest BCUT2D eigenvalue weighted by Crippen LogP contribution is -2.49. The zero-order valence-corrected chi connectivity index (χ0v) is 16.8. The Morgan fingerprint density at radius 2 is 1.41 bits per heavy atom. The van der Waals surface area contributed by atoms with E-state index >= 15 is 0 Å². The van der Waals surface area contributed by atoms with Gasteiger partial charge in [0, 0.05) is 0 Å². The largest absolute Gasteiger partial charge is 0.523 e. The van der Waals surface area contributed by atoms with Gasteiger partial charge in [0.05, 0.1) is 18.8 Å². The molecule has 176 valence electrons. The summed E-state index contributed by atoms with van der Waals surface area (Å²) in [4.78, 5) is 12.2. The summed E-state index contributed by atoms with van der Waals surface area (Å²) >= 11 is 0. The summed E-state index contributed by atoms with van der Waals surface area (Å²) in [5, 5.41) is 0. The number of hydrogen-bond donors (Lipinski definition) is 0. The van der Waals surface area contributed by atoms with Crippen LogP contribution in [-0.2, 0) is 30.4 Å². The first-order chi connectivity index (χ1) is 14.8. The number of ether oxygens (including phenoxy) is 2. The summed E-state index contributed by atoms with van der Waals surface area (Å²) in [6.07, 6.45) is -11.9. The molecule has 0 saturated heterocycles. The van der Waals surface area contributed by atoms with E-state index in [0.29, 0.717) is 5.56 Å². The van der Waals surface area contributed by atoms with Gasteiger partial charge in [-0.2, -0.15) is 34.8 Å². The summed E-state index contributed by atoms with van der Waals surface area (Å²) in [5.41, 5.74) is -5.86. The highest BCUT2D eigenvalue weighted by Crippen LogP contribution is 2.34. The van der Waals surface area contributed by atoms with Gasteiger partial charge in [0.15, 0.2) is 6.10 Å². The molecule has 0 unspecified atom stereocenters. The van der Waals surface area contributed by atoms with Crippen molar-refractivity contribution in [1.82, 2.24) is 0 Å². The average molecular weight is 486 g/mol. The maximum absolute atomic E-state index is 13.5. The molecule has 2 aromatic carbocycles. The van der Waals surface area contributed by atoms with E-state index in [1.165, 1.54) is 30.3 Å². The molecular weight excluding hydrogens is 470 g/mol. The minimum Gasteiger partial charge on any atom is -0.453 e. The molecule has 0 aliphatic heterocycles.